The molecule has 1 heterocycles. The number of sulfonamides is 1. The predicted octanol–water partition coefficient (Wildman–Crippen LogP) is 0.347. The summed E-state index contributed by atoms with van der Waals surface area (Å²) < 4.78 is 28.6. The first-order valence-electron chi connectivity index (χ1n) is 6.00. The van der Waals surface area contributed by atoms with Crippen LogP contribution in [0.3, 0.4) is 0 Å². The average Bonchev–Trinajstić information content (AvgIpc) is 2.84. The van der Waals surface area contributed by atoms with Gasteiger partial charge in [0.05, 0.1) is 17.5 Å². The van der Waals surface area contributed by atoms with Crippen LogP contribution in [0.4, 0.5) is 0 Å². The highest BCUT2D eigenvalue weighted by atomic mass is 32.2. The molecule has 0 aliphatic rings. The number of benzene rings is 1. The average molecular weight is 296 g/mol. The fourth-order valence-corrected chi connectivity index (χ4v) is 3.01. The fourth-order valence-electron chi connectivity index (χ4n) is 1.81. The number of nitrogens with one attached hydrogen (secondary N) is 1. The molecule has 0 aliphatic heterocycles. The molecule has 0 saturated heterocycles. The summed E-state index contributed by atoms with van der Waals surface area (Å²) in [5.41, 5.74) is 0.658. The number of rotatable bonds is 5. The van der Waals surface area contributed by atoms with Gasteiger partial charge in [-0.2, -0.15) is 0 Å². The van der Waals surface area contributed by atoms with Crippen LogP contribution in [0.2, 0.25) is 0 Å². The predicted molar refractivity (Wildman–Crippen MR) is 72.1 cm³/mol. The Hall–Kier alpha value is -1.77. The molecular weight excluding hydrogens is 280 g/mol. The minimum atomic E-state index is -3.64. The second kappa shape index (κ2) is 5.70. The van der Waals surface area contributed by atoms with E-state index in [1.807, 2.05) is 0 Å². The maximum atomic E-state index is 12.2. The van der Waals surface area contributed by atoms with E-state index in [1.54, 1.807) is 30.7 Å². The molecule has 0 amide bonds. The number of nitrogens with zero attached hydrogens (tertiary/aromatic N) is 3. The van der Waals surface area contributed by atoms with Crippen molar-refractivity contribution in [3.63, 3.8) is 0 Å². The lowest BCUT2D eigenvalue weighted by atomic mass is 10.2. The van der Waals surface area contributed by atoms with Crippen molar-refractivity contribution in [2.75, 3.05) is 0 Å². The zero-order valence-corrected chi connectivity index (χ0v) is 12.0. The molecule has 1 aromatic carbocycles. The molecule has 1 aromatic heterocycles. The monoisotopic (exact) mass is 296 g/mol. The lowest BCUT2D eigenvalue weighted by Crippen LogP contribution is -2.28. The maximum absolute atomic E-state index is 12.2. The Morgan fingerprint density at radius 1 is 1.35 bits per heavy atom. The number of aromatic nitrogens is 3. The zero-order chi connectivity index (χ0) is 14.8. The molecule has 108 valence electrons. The van der Waals surface area contributed by atoms with Crippen LogP contribution < -0.4 is 4.72 Å². The highest BCUT2D eigenvalue weighted by molar-refractivity contribution is 7.89. The summed E-state index contributed by atoms with van der Waals surface area (Å²) in [4.78, 5) is 0.142. The van der Waals surface area contributed by atoms with E-state index in [2.05, 4.69) is 14.9 Å². The summed E-state index contributed by atoms with van der Waals surface area (Å²) >= 11 is 0. The number of hydrogen-bond acceptors (Lipinski definition) is 5. The van der Waals surface area contributed by atoms with Gasteiger partial charge in [0.15, 0.2) is 0 Å². The summed E-state index contributed by atoms with van der Waals surface area (Å²) in [6.45, 7) is 1.58. The SMILES string of the molecule is CC(NS(=O)(=O)c1ccc(CO)cc1)c1nncn1C. The largest absolute Gasteiger partial charge is 0.392 e. The van der Waals surface area contributed by atoms with E-state index in [9.17, 15) is 8.42 Å². The molecule has 0 saturated carbocycles. The lowest BCUT2D eigenvalue weighted by molar-refractivity contribution is 0.282. The molecule has 2 rings (SSSR count). The van der Waals surface area contributed by atoms with Gasteiger partial charge in [-0.1, -0.05) is 12.1 Å². The lowest BCUT2D eigenvalue weighted by Gasteiger charge is -2.13. The smallest absolute Gasteiger partial charge is 0.241 e. The molecule has 2 aromatic rings. The molecule has 1 atom stereocenters. The van der Waals surface area contributed by atoms with Crippen molar-refractivity contribution in [3.05, 3.63) is 42.0 Å². The van der Waals surface area contributed by atoms with Crippen LogP contribution in [0, 0.1) is 0 Å². The number of aryl methyl sites for hydroxylation is 1. The van der Waals surface area contributed by atoms with Crippen LogP contribution in [0.15, 0.2) is 35.5 Å². The van der Waals surface area contributed by atoms with E-state index < -0.39 is 16.1 Å². The third kappa shape index (κ3) is 3.03. The maximum Gasteiger partial charge on any atom is 0.241 e. The van der Waals surface area contributed by atoms with E-state index in [0.29, 0.717) is 11.4 Å². The van der Waals surface area contributed by atoms with Crippen LogP contribution in [0.25, 0.3) is 0 Å². The van der Waals surface area contributed by atoms with Crippen molar-refractivity contribution in [2.45, 2.75) is 24.5 Å². The van der Waals surface area contributed by atoms with Gasteiger partial charge in [-0.3, -0.25) is 0 Å². The second-order valence-corrected chi connectivity index (χ2v) is 6.16. The van der Waals surface area contributed by atoms with E-state index >= 15 is 0 Å². The topological polar surface area (TPSA) is 97.1 Å². The molecule has 20 heavy (non-hydrogen) atoms. The molecule has 0 fully saturated rings. The molecule has 1 unspecified atom stereocenters. The van der Waals surface area contributed by atoms with Crippen molar-refractivity contribution < 1.29 is 13.5 Å². The van der Waals surface area contributed by atoms with Crippen LogP contribution in [0.1, 0.15) is 24.4 Å². The van der Waals surface area contributed by atoms with Crippen LogP contribution >= 0.6 is 0 Å². The Labute approximate surface area is 117 Å². The summed E-state index contributed by atoms with van der Waals surface area (Å²) in [5, 5.41) is 16.5. The highest BCUT2D eigenvalue weighted by Crippen LogP contribution is 2.15. The molecular formula is C12H16N4O3S. The van der Waals surface area contributed by atoms with E-state index in [-0.39, 0.29) is 11.5 Å². The first kappa shape index (κ1) is 14.6. The summed E-state index contributed by atoms with van der Waals surface area (Å²) in [6, 6.07) is 5.56. The van der Waals surface area contributed by atoms with Crippen LogP contribution in [-0.2, 0) is 23.7 Å². The van der Waals surface area contributed by atoms with Gasteiger partial charge in [-0.05, 0) is 24.6 Å². The Balaban J connectivity index is 2.20. The Bertz CT molecular complexity index is 679. The third-order valence-corrected chi connectivity index (χ3v) is 4.44. The van der Waals surface area contributed by atoms with E-state index in [4.69, 9.17) is 5.11 Å². The minimum absolute atomic E-state index is 0.122. The number of hydrogen-bond donors (Lipinski definition) is 2. The van der Waals surface area contributed by atoms with Gasteiger partial charge in [0.1, 0.15) is 12.2 Å². The second-order valence-electron chi connectivity index (χ2n) is 4.45. The van der Waals surface area contributed by atoms with Crippen molar-refractivity contribution >= 4 is 10.0 Å². The van der Waals surface area contributed by atoms with Gasteiger partial charge in [0, 0.05) is 7.05 Å². The molecule has 0 spiro atoms. The Morgan fingerprint density at radius 2 is 2.00 bits per heavy atom. The summed E-state index contributed by atoms with van der Waals surface area (Å²) in [5.74, 6) is 0.528. The van der Waals surface area contributed by atoms with Gasteiger partial charge >= 0.3 is 0 Å². The Kier molecular flexibility index (Phi) is 4.17. The quantitative estimate of drug-likeness (QED) is 0.829. The van der Waals surface area contributed by atoms with E-state index in [1.165, 1.54) is 18.5 Å². The van der Waals surface area contributed by atoms with Gasteiger partial charge in [-0.25, -0.2) is 13.1 Å². The van der Waals surface area contributed by atoms with Crippen LogP contribution in [0.5, 0.6) is 0 Å². The molecule has 0 aliphatic carbocycles. The number of aliphatic hydroxyl groups excluding tert-OH is 1. The van der Waals surface area contributed by atoms with E-state index in [0.717, 1.165) is 0 Å². The van der Waals surface area contributed by atoms with Crippen molar-refractivity contribution in [1.82, 2.24) is 19.5 Å². The molecule has 8 heteroatoms. The van der Waals surface area contributed by atoms with Crippen molar-refractivity contribution in [1.29, 1.82) is 0 Å². The fraction of sp³-hybridized carbons (Fsp3) is 0.333. The first-order valence-corrected chi connectivity index (χ1v) is 7.48. The van der Waals surface area contributed by atoms with Crippen molar-refractivity contribution in [3.8, 4) is 0 Å². The standard InChI is InChI=1S/C12H16N4O3S/c1-9(12-14-13-8-16(12)2)15-20(18,19)11-5-3-10(7-17)4-6-11/h3-6,8-9,15,17H,7H2,1-2H3. The normalized spacial score (nSPS) is 13.3. The Morgan fingerprint density at radius 3 is 2.50 bits per heavy atom. The summed E-state index contributed by atoms with van der Waals surface area (Å²) in [6.07, 6.45) is 1.51. The third-order valence-electron chi connectivity index (χ3n) is 2.88. The first-order chi connectivity index (χ1) is 9.44. The number of aliphatic hydroxyl groups is 1. The molecule has 0 radical (unpaired) electrons. The van der Waals surface area contributed by atoms with Crippen molar-refractivity contribution in [2.24, 2.45) is 7.05 Å². The van der Waals surface area contributed by atoms with Gasteiger partial charge in [0.2, 0.25) is 10.0 Å². The van der Waals surface area contributed by atoms with Crippen LogP contribution in [-0.4, -0.2) is 28.3 Å². The minimum Gasteiger partial charge on any atom is -0.392 e. The molecule has 7 nitrogen and oxygen atoms in total. The summed E-state index contributed by atoms with van der Waals surface area (Å²) in [7, 11) is -1.89. The zero-order valence-electron chi connectivity index (χ0n) is 11.2. The molecule has 0 bridgehead atoms. The van der Waals surface area contributed by atoms with Gasteiger partial charge in [-0.15, -0.1) is 10.2 Å². The van der Waals surface area contributed by atoms with Gasteiger partial charge in [0.25, 0.3) is 0 Å². The van der Waals surface area contributed by atoms with Gasteiger partial charge < -0.3 is 9.67 Å². The molecule has 2 N–H and O–H groups in total. The highest BCUT2D eigenvalue weighted by Gasteiger charge is 2.20.